The Hall–Kier alpha value is -4.24. The molecular formula is C30H30N2O6S. The van der Waals surface area contributed by atoms with E-state index in [-0.39, 0.29) is 17.9 Å². The van der Waals surface area contributed by atoms with Gasteiger partial charge in [0.15, 0.2) is 5.78 Å². The summed E-state index contributed by atoms with van der Waals surface area (Å²) in [6.07, 6.45) is 4.99. The number of ketones is 1. The second-order valence-corrected chi connectivity index (χ2v) is 10.9. The summed E-state index contributed by atoms with van der Waals surface area (Å²) < 4.78 is 39.7. The largest absolute Gasteiger partial charge is 0.494 e. The lowest BCUT2D eigenvalue weighted by molar-refractivity contribution is -0.114. The third-order valence-electron chi connectivity index (χ3n) is 5.99. The third-order valence-corrected chi connectivity index (χ3v) is 7.39. The Morgan fingerprint density at radius 3 is 2.49 bits per heavy atom. The van der Waals surface area contributed by atoms with E-state index in [0.29, 0.717) is 23.8 Å². The highest BCUT2D eigenvalue weighted by Gasteiger charge is 2.29. The molecule has 202 valence electrons. The van der Waals surface area contributed by atoms with Gasteiger partial charge < -0.3 is 9.47 Å². The van der Waals surface area contributed by atoms with E-state index in [9.17, 15) is 18.0 Å². The number of carbonyl (C=O) groups is 2. The standard InChI is InChI=1S/C30H30N2O6S/c1-5-15-37-23-10-8-9-22(18-23)25-14-13-24(29(34)32-39(35,36)27-12-7-6-11-26(27)33)30(31-25)38-28-20(3)16-19(2)17-21(28)4/h6-10,12-14,16-18H,5,11,15H2,1-4H3,(H,32,34). The second-order valence-electron chi connectivity index (χ2n) is 9.28. The van der Waals surface area contributed by atoms with Crippen LogP contribution in [0, 0.1) is 20.8 Å². The van der Waals surface area contributed by atoms with Crippen LogP contribution in [0.25, 0.3) is 11.3 Å². The van der Waals surface area contributed by atoms with Crippen LogP contribution in [0.2, 0.25) is 0 Å². The predicted octanol–water partition coefficient (Wildman–Crippen LogP) is 5.73. The summed E-state index contributed by atoms with van der Waals surface area (Å²) in [6.45, 7) is 8.32. The van der Waals surface area contributed by atoms with E-state index in [1.54, 1.807) is 12.1 Å². The van der Waals surface area contributed by atoms with Gasteiger partial charge in [0.25, 0.3) is 15.9 Å². The summed E-state index contributed by atoms with van der Waals surface area (Å²) in [6, 6.07) is 14.3. The van der Waals surface area contributed by atoms with Gasteiger partial charge in [-0.2, -0.15) is 0 Å². The number of amides is 1. The molecule has 8 nitrogen and oxygen atoms in total. The average molecular weight is 547 g/mol. The van der Waals surface area contributed by atoms with E-state index >= 15 is 0 Å². The molecule has 1 amide bonds. The van der Waals surface area contributed by atoms with Crippen molar-refractivity contribution in [1.29, 1.82) is 0 Å². The molecule has 0 unspecified atom stereocenters. The fraction of sp³-hybridized carbons (Fsp3) is 0.233. The van der Waals surface area contributed by atoms with Gasteiger partial charge in [-0.1, -0.05) is 48.9 Å². The van der Waals surface area contributed by atoms with Crippen molar-refractivity contribution in [3.8, 4) is 28.6 Å². The zero-order valence-electron chi connectivity index (χ0n) is 22.3. The number of benzene rings is 2. The van der Waals surface area contributed by atoms with E-state index < -0.39 is 26.6 Å². The summed E-state index contributed by atoms with van der Waals surface area (Å²) in [7, 11) is -4.41. The molecule has 0 aliphatic heterocycles. The number of allylic oxidation sites excluding steroid dienone is 4. The van der Waals surface area contributed by atoms with Crippen molar-refractivity contribution >= 4 is 21.7 Å². The van der Waals surface area contributed by atoms with Gasteiger partial charge in [0.1, 0.15) is 22.0 Å². The van der Waals surface area contributed by atoms with Gasteiger partial charge >= 0.3 is 0 Å². The highest BCUT2D eigenvalue weighted by molar-refractivity contribution is 7.95. The molecule has 0 atom stereocenters. The van der Waals surface area contributed by atoms with Crippen LogP contribution in [0.15, 0.2) is 71.7 Å². The average Bonchev–Trinajstić information content (AvgIpc) is 2.89. The molecule has 0 bridgehead atoms. The molecule has 1 aromatic heterocycles. The van der Waals surface area contributed by atoms with Gasteiger partial charge in [-0.25, -0.2) is 18.1 Å². The van der Waals surface area contributed by atoms with Crippen molar-refractivity contribution in [1.82, 2.24) is 9.71 Å². The minimum absolute atomic E-state index is 0.0570. The fourth-order valence-electron chi connectivity index (χ4n) is 4.24. The highest BCUT2D eigenvalue weighted by Crippen LogP contribution is 2.33. The number of hydrogen-bond acceptors (Lipinski definition) is 7. The Morgan fingerprint density at radius 1 is 1.05 bits per heavy atom. The summed E-state index contributed by atoms with van der Waals surface area (Å²) in [5.74, 6) is -0.443. The quantitative estimate of drug-likeness (QED) is 0.365. The van der Waals surface area contributed by atoms with Crippen molar-refractivity contribution in [2.24, 2.45) is 0 Å². The molecule has 2 aromatic carbocycles. The van der Waals surface area contributed by atoms with E-state index in [0.717, 1.165) is 28.7 Å². The Kier molecular flexibility index (Phi) is 8.30. The molecule has 0 radical (unpaired) electrons. The number of nitrogens with zero attached hydrogens (tertiary/aromatic N) is 1. The van der Waals surface area contributed by atoms with Crippen molar-refractivity contribution in [2.75, 3.05) is 6.61 Å². The number of nitrogens with one attached hydrogen (secondary N) is 1. The van der Waals surface area contributed by atoms with Gasteiger partial charge in [0.05, 0.1) is 12.3 Å². The van der Waals surface area contributed by atoms with Crippen LogP contribution in [0.4, 0.5) is 0 Å². The maximum absolute atomic E-state index is 13.3. The normalized spacial score (nSPS) is 13.1. The van der Waals surface area contributed by atoms with Crippen LogP contribution >= 0.6 is 0 Å². The minimum atomic E-state index is -4.41. The molecule has 0 spiro atoms. The van der Waals surface area contributed by atoms with Crippen LogP contribution in [-0.4, -0.2) is 31.7 Å². The molecule has 0 saturated heterocycles. The van der Waals surface area contributed by atoms with Gasteiger partial charge in [-0.15, -0.1) is 0 Å². The molecule has 4 rings (SSSR count). The van der Waals surface area contributed by atoms with E-state index in [1.165, 1.54) is 18.2 Å². The minimum Gasteiger partial charge on any atom is -0.494 e. The number of sulfonamides is 1. The number of Topliss-reactive ketones (excluding diaryl/α,β-unsaturated/α-hetero) is 1. The number of rotatable bonds is 9. The molecule has 1 aliphatic carbocycles. The fourth-order valence-corrected chi connectivity index (χ4v) is 5.34. The molecule has 3 aromatic rings. The van der Waals surface area contributed by atoms with Crippen LogP contribution < -0.4 is 14.2 Å². The van der Waals surface area contributed by atoms with Gasteiger partial charge in [-0.05, 0) is 68.7 Å². The first-order valence-electron chi connectivity index (χ1n) is 12.6. The lowest BCUT2D eigenvalue weighted by Gasteiger charge is -2.16. The maximum Gasteiger partial charge on any atom is 0.270 e. The zero-order valence-corrected chi connectivity index (χ0v) is 23.1. The van der Waals surface area contributed by atoms with Gasteiger partial charge in [0.2, 0.25) is 5.88 Å². The van der Waals surface area contributed by atoms with Gasteiger partial charge in [0, 0.05) is 12.0 Å². The molecule has 1 N–H and O–H groups in total. The summed E-state index contributed by atoms with van der Waals surface area (Å²) >= 11 is 0. The molecule has 0 saturated carbocycles. The number of ether oxygens (including phenoxy) is 2. The lowest BCUT2D eigenvalue weighted by atomic mass is 10.1. The van der Waals surface area contributed by atoms with Crippen LogP contribution in [0.1, 0.15) is 46.8 Å². The summed E-state index contributed by atoms with van der Waals surface area (Å²) in [5, 5.41) is 0. The zero-order chi connectivity index (χ0) is 28.2. The summed E-state index contributed by atoms with van der Waals surface area (Å²) in [5.41, 5.74) is 3.85. The topological polar surface area (TPSA) is 112 Å². The smallest absolute Gasteiger partial charge is 0.270 e. The first-order chi connectivity index (χ1) is 18.6. The Bertz CT molecular complexity index is 1580. The lowest BCUT2D eigenvalue weighted by Crippen LogP contribution is -2.34. The summed E-state index contributed by atoms with van der Waals surface area (Å²) in [4.78, 5) is 29.6. The van der Waals surface area contributed by atoms with E-state index in [4.69, 9.17) is 9.47 Å². The van der Waals surface area contributed by atoms with Crippen LogP contribution in [0.3, 0.4) is 0 Å². The molecule has 1 aliphatic rings. The maximum atomic E-state index is 13.3. The highest BCUT2D eigenvalue weighted by atomic mass is 32.2. The number of aryl methyl sites for hydroxylation is 3. The van der Waals surface area contributed by atoms with E-state index in [2.05, 4.69) is 4.98 Å². The third kappa shape index (κ3) is 6.43. The number of aromatic nitrogens is 1. The van der Waals surface area contributed by atoms with Crippen molar-refractivity contribution in [3.05, 3.63) is 93.9 Å². The SMILES string of the molecule is CCCOc1cccc(-c2ccc(C(=O)NS(=O)(=O)C3=CC=CCC3=O)c(Oc3c(C)cc(C)cc3C)n2)c1. The van der Waals surface area contributed by atoms with E-state index in [1.807, 2.05) is 68.8 Å². The van der Waals surface area contributed by atoms with Crippen LogP contribution in [0.5, 0.6) is 17.4 Å². The van der Waals surface area contributed by atoms with Crippen molar-refractivity contribution in [3.63, 3.8) is 0 Å². The molecule has 0 fully saturated rings. The molecule has 39 heavy (non-hydrogen) atoms. The monoisotopic (exact) mass is 546 g/mol. The second kappa shape index (κ2) is 11.7. The first-order valence-corrected chi connectivity index (χ1v) is 14.0. The van der Waals surface area contributed by atoms with Crippen LogP contribution in [-0.2, 0) is 14.8 Å². The number of carbonyl (C=O) groups excluding carboxylic acids is 2. The Balaban J connectivity index is 1.76. The number of pyridine rings is 1. The Labute approximate surface area is 228 Å². The van der Waals surface area contributed by atoms with Gasteiger partial charge in [-0.3, -0.25) is 9.59 Å². The molecular weight excluding hydrogens is 516 g/mol. The van der Waals surface area contributed by atoms with Crippen molar-refractivity contribution < 1.29 is 27.5 Å². The molecule has 1 heterocycles. The Morgan fingerprint density at radius 2 is 1.79 bits per heavy atom. The predicted molar refractivity (Wildman–Crippen MR) is 149 cm³/mol. The molecule has 9 heteroatoms. The first kappa shape index (κ1) is 27.8. The number of hydrogen-bond donors (Lipinski definition) is 1. The van der Waals surface area contributed by atoms with Crippen molar-refractivity contribution in [2.45, 2.75) is 40.5 Å².